The summed E-state index contributed by atoms with van der Waals surface area (Å²) in [5.41, 5.74) is 0.153. The molecule has 0 radical (unpaired) electrons. The van der Waals surface area contributed by atoms with Crippen molar-refractivity contribution in [2.24, 2.45) is 10.2 Å². The number of rotatable bonds is 3. The van der Waals surface area contributed by atoms with Gasteiger partial charge in [0, 0.05) is 9.99 Å². The van der Waals surface area contributed by atoms with Crippen LogP contribution in [-0.2, 0) is 10.0 Å². The van der Waals surface area contributed by atoms with Crippen molar-refractivity contribution in [3.63, 3.8) is 0 Å². The van der Waals surface area contributed by atoms with Crippen LogP contribution >= 0.6 is 22.6 Å². The normalized spacial score (nSPS) is 18.1. The first-order chi connectivity index (χ1) is 12.1. The summed E-state index contributed by atoms with van der Waals surface area (Å²) in [6.07, 6.45) is -4.82. The Morgan fingerprint density at radius 1 is 1.08 bits per heavy atom. The van der Waals surface area contributed by atoms with E-state index < -0.39 is 28.0 Å². The number of nitrogens with zero attached hydrogens (tertiary/aromatic N) is 2. The molecule has 2 aromatic rings. The molecule has 5 nitrogen and oxygen atoms in total. The fourth-order valence-corrected chi connectivity index (χ4v) is 3.53. The third-order valence-corrected chi connectivity index (χ3v) is 5.57. The SMILES string of the molecule is NS(=O)(=O)c1ccc(N2N=C(C(F)(F)F)CC2c2ccc([123I])cc2)cc1. The van der Waals surface area contributed by atoms with Crippen molar-refractivity contribution in [2.45, 2.75) is 23.5 Å². The third kappa shape index (κ3) is 4.01. The smallest absolute Gasteiger partial charge is 0.257 e. The van der Waals surface area contributed by atoms with Crippen molar-refractivity contribution >= 4 is 44.0 Å². The fraction of sp³-hybridized carbons (Fsp3) is 0.188. The van der Waals surface area contributed by atoms with E-state index in [2.05, 4.69) is 27.7 Å². The molecule has 0 fully saturated rings. The second kappa shape index (κ2) is 6.82. The molecule has 1 aliphatic heterocycles. The van der Waals surface area contributed by atoms with Gasteiger partial charge in [-0.15, -0.1) is 0 Å². The first-order valence-electron chi connectivity index (χ1n) is 7.38. The zero-order valence-electron chi connectivity index (χ0n) is 13.1. The Labute approximate surface area is 161 Å². The molecule has 2 N–H and O–H groups in total. The molecule has 3 rings (SSSR count). The van der Waals surface area contributed by atoms with Crippen LogP contribution in [0.1, 0.15) is 18.0 Å². The maximum Gasteiger partial charge on any atom is 0.431 e. The van der Waals surface area contributed by atoms with Gasteiger partial charge < -0.3 is 0 Å². The zero-order valence-corrected chi connectivity index (χ0v) is 16.1. The molecule has 0 amide bonds. The highest BCUT2D eigenvalue weighted by molar-refractivity contribution is 14.1. The number of sulfonamides is 1. The Hall–Kier alpha value is -1.66. The van der Waals surface area contributed by atoms with Crippen LogP contribution in [0.4, 0.5) is 18.9 Å². The van der Waals surface area contributed by atoms with Gasteiger partial charge in [-0.2, -0.15) is 18.3 Å². The molecule has 0 bridgehead atoms. The number of hydrogen-bond donors (Lipinski definition) is 1. The summed E-state index contributed by atoms with van der Waals surface area (Å²) in [5, 5.41) is 10.1. The summed E-state index contributed by atoms with van der Waals surface area (Å²) in [4.78, 5) is -0.119. The van der Waals surface area contributed by atoms with E-state index in [0.29, 0.717) is 11.3 Å². The molecule has 1 atom stereocenters. The van der Waals surface area contributed by atoms with Crippen LogP contribution in [-0.4, -0.2) is 20.3 Å². The fourth-order valence-electron chi connectivity index (χ4n) is 2.65. The number of hydrogen-bond acceptors (Lipinski definition) is 4. The van der Waals surface area contributed by atoms with Crippen LogP contribution in [0.15, 0.2) is 58.5 Å². The molecule has 0 aliphatic carbocycles. The summed E-state index contributed by atoms with van der Waals surface area (Å²) in [6.45, 7) is 0. The summed E-state index contributed by atoms with van der Waals surface area (Å²) < 4.78 is 63.2. The van der Waals surface area contributed by atoms with Gasteiger partial charge in [-0.05, 0) is 64.6 Å². The standard InChI is InChI=1S/C16H13F3IN3O2S/c17-16(18,19)15-9-14(10-1-3-11(20)4-2-10)23(22-15)12-5-7-13(8-6-12)26(21,24)25/h1-8,14H,9H2,(H2,21,24,25)/i20-4. The lowest BCUT2D eigenvalue weighted by Crippen LogP contribution is -2.21. The predicted octanol–water partition coefficient (Wildman–Crippen LogP) is 3.81. The monoisotopic (exact) mass is 491 g/mol. The molecule has 26 heavy (non-hydrogen) atoms. The molecular weight excluding hydrogens is 478 g/mol. The van der Waals surface area contributed by atoms with Crippen molar-refractivity contribution in [1.29, 1.82) is 0 Å². The van der Waals surface area contributed by atoms with Crippen LogP contribution in [0.5, 0.6) is 0 Å². The van der Waals surface area contributed by atoms with E-state index in [1.807, 2.05) is 12.1 Å². The summed E-state index contributed by atoms with van der Waals surface area (Å²) in [7, 11) is -3.88. The van der Waals surface area contributed by atoms with E-state index in [-0.39, 0.29) is 11.3 Å². The maximum atomic E-state index is 13.2. The molecule has 1 heterocycles. The van der Waals surface area contributed by atoms with Crippen molar-refractivity contribution in [1.82, 2.24) is 0 Å². The van der Waals surface area contributed by atoms with E-state index in [9.17, 15) is 21.6 Å². The number of anilines is 1. The number of primary sulfonamides is 1. The lowest BCUT2D eigenvalue weighted by molar-refractivity contribution is -0.0600. The predicted molar refractivity (Wildman–Crippen MR) is 100 cm³/mol. The van der Waals surface area contributed by atoms with Gasteiger partial charge in [0.15, 0.2) is 0 Å². The highest BCUT2D eigenvalue weighted by Crippen LogP contribution is 2.39. The van der Waals surface area contributed by atoms with Crippen LogP contribution in [0.2, 0.25) is 0 Å². The Balaban J connectivity index is 2.01. The number of halogens is 4. The largest absolute Gasteiger partial charge is 0.431 e. The lowest BCUT2D eigenvalue weighted by Gasteiger charge is -2.24. The summed E-state index contributed by atoms with van der Waals surface area (Å²) >= 11 is 2.11. The van der Waals surface area contributed by atoms with Gasteiger partial charge in [0.05, 0.1) is 16.6 Å². The molecule has 1 aliphatic rings. The molecule has 2 aromatic carbocycles. The lowest BCUT2D eigenvalue weighted by atomic mass is 10.0. The van der Waals surface area contributed by atoms with E-state index >= 15 is 0 Å². The minimum Gasteiger partial charge on any atom is -0.257 e. The van der Waals surface area contributed by atoms with E-state index in [1.54, 1.807) is 12.1 Å². The quantitative estimate of drug-likeness (QED) is 0.664. The van der Waals surface area contributed by atoms with Gasteiger partial charge in [-0.3, -0.25) is 5.01 Å². The number of nitrogens with two attached hydrogens (primary N) is 1. The van der Waals surface area contributed by atoms with Crippen molar-refractivity contribution in [2.75, 3.05) is 5.01 Å². The Morgan fingerprint density at radius 2 is 1.65 bits per heavy atom. The molecule has 10 heteroatoms. The summed E-state index contributed by atoms with van der Waals surface area (Å²) in [6, 6.07) is 11.8. The molecule has 0 spiro atoms. The summed E-state index contributed by atoms with van der Waals surface area (Å²) in [5.74, 6) is 0. The number of alkyl halides is 3. The zero-order chi connectivity index (χ0) is 19.1. The van der Waals surface area contributed by atoms with Crippen molar-refractivity contribution in [3.8, 4) is 0 Å². The Morgan fingerprint density at radius 3 is 2.15 bits per heavy atom. The van der Waals surface area contributed by atoms with Crippen molar-refractivity contribution in [3.05, 3.63) is 57.7 Å². The minimum atomic E-state index is -4.53. The van der Waals surface area contributed by atoms with E-state index in [4.69, 9.17) is 5.14 Å². The van der Waals surface area contributed by atoms with Crippen LogP contribution in [0.3, 0.4) is 0 Å². The Kier molecular flexibility index (Phi) is 5.01. The molecule has 0 saturated carbocycles. The van der Waals surface area contributed by atoms with E-state index in [0.717, 1.165) is 3.57 Å². The van der Waals surface area contributed by atoms with Gasteiger partial charge in [-0.25, -0.2) is 13.6 Å². The van der Waals surface area contributed by atoms with Gasteiger partial charge >= 0.3 is 6.18 Å². The van der Waals surface area contributed by atoms with Crippen LogP contribution < -0.4 is 10.1 Å². The first kappa shape index (κ1) is 19.1. The second-order valence-corrected chi connectivity index (χ2v) is 8.51. The van der Waals surface area contributed by atoms with Crippen LogP contribution in [0.25, 0.3) is 0 Å². The Bertz CT molecular complexity index is 942. The van der Waals surface area contributed by atoms with Gasteiger partial charge in [0.1, 0.15) is 5.71 Å². The van der Waals surface area contributed by atoms with Gasteiger partial charge in [0.2, 0.25) is 10.0 Å². The first-order valence-corrected chi connectivity index (χ1v) is 10.0. The van der Waals surface area contributed by atoms with Crippen molar-refractivity contribution < 1.29 is 21.6 Å². The molecule has 138 valence electrons. The average Bonchev–Trinajstić information content (AvgIpc) is 3.00. The highest BCUT2D eigenvalue weighted by Gasteiger charge is 2.43. The molecule has 0 saturated heterocycles. The number of benzene rings is 2. The number of hydrazone groups is 1. The average molecular weight is 491 g/mol. The maximum absolute atomic E-state index is 13.2. The van der Waals surface area contributed by atoms with E-state index in [1.165, 1.54) is 29.3 Å². The second-order valence-electron chi connectivity index (χ2n) is 5.70. The van der Waals surface area contributed by atoms with Gasteiger partial charge in [0.25, 0.3) is 0 Å². The molecule has 1 unspecified atom stereocenters. The van der Waals surface area contributed by atoms with Gasteiger partial charge in [-0.1, -0.05) is 12.1 Å². The third-order valence-electron chi connectivity index (χ3n) is 3.92. The molecular formula is C16H13F3IN3O2S. The molecule has 0 aromatic heterocycles. The van der Waals surface area contributed by atoms with Crippen LogP contribution in [0, 0.1) is 3.57 Å². The highest BCUT2D eigenvalue weighted by atomic mass is 123. The topological polar surface area (TPSA) is 75.8 Å². The minimum absolute atomic E-state index is 0.119.